The number of nitrogens with zero attached hydrogens (tertiary/aromatic N) is 2. The van der Waals surface area contributed by atoms with Gasteiger partial charge in [0, 0.05) is 25.5 Å². The summed E-state index contributed by atoms with van der Waals surface area (Å²) in [5.41, 5.74) is 0.498. The summed E-state index contributed by atoms with van der Waals surface area (Å²) in [5, 5.41) is 10.5. The van der Waals surface area contributed by atoms with Crippen molar-refractivity contribution in [3.63, 3.8) is 0 Å². The van der Waals surface area contributed by atoms with Crippen molar-refractivity contribution in [2.75, 3.05) is 18.0 Å². The highest BCUT2D eigenvalue weighted by molar-refractivity contribution is 6.33. The number of hydrogen-bond acceptors (Lipinski definition) is 3. The summed E-state index contributed by atoms with van der Waals surface area (Å²) in [4.78, 5) is 6.16. The third-order valence-corrected chi connectivity index (χ3v) is 3.22. The Morgan fingerprint density at radius 1 is 1.47 bits per heavy atom. The lowest BCUT2D eigenvalue weighted by atomic mass is 9.93. The molecule has 0 atom stereocenters. The van der Waals surface area contributed by atoms with Crippen LogP contribution in [-0.2, 0) is 0 Å². The Balaban J connectivity index is 2.11. The van der Waals surface area contributed by atoms with Gasteiger partial charge in [0.15, 0.2) is 0 Å². The van der Waals surface area contributed by atoms with Crippen molar-refractivity contribution in [2.45, 2.75) is 25.4 Å². The molecule has 0 unspecified atom stereocenters. The van der Waals surface area contributed by atoms with Gasteiger partial charge in [-0.25, -0.2) is 0 Å². The van der Waals surface area contributed by atoms with Crippen molar-refractivity contribution in [3.8, 4) is 0 Å². The molecule has 0 amide bonds. The smallest absolute Gasteiger partial charge is 0.0822 e. The predicted octanol–water partition coefficient (Wildman–Crippen LogP) is 2.09. The van der Waals surface area contributed by atoms with Crippen LogP contribution in [0.4, 0.5) is 5.69 Å². The molecule has 0 spiro atoms. The minimum Gasteiger partial charge on any atom is -0.390 e. The summed E-state index contributed by atoms with van der Waals surface area (Å²) in [7, 11) is 0. The van der Waals surface area contributed by atoms with E-state index in [0.29, 0.717) is 5.02 Å². The molecule has 1 saturated heterocycles. The molecule has 0 radical (unpaired) electrons. The Kier molecular flexibility index (Phi) is 2.85. The van der Waals surface area contributed by atoms with Crippen LogP contribution in [0, 0.1) is 0 Å². The topological polar surface area (TPSA) is 36.4 Å². The van der Waals surface area contributed by atoms with Crippen LogP contribution >= 0.6 is 11.6 Å². The van der Waals surface area contributed by atoms with Gasteiger partial charge < -0.3 is 10.0 Å². The van der Waals surface area contributed by atoms with E-state index in [0.717, 1.165) is 31.6 Å². The number of pyridine rings is 1. The number of aromatic nitrogens is 1. The number of halogens is 1. The second kappa shape index (κ2) is 3.99. The van der Waals surface area contributed by atoms with Gasteiger partial charge in [-0.05, 0) is 25.8 Å². The first-order valence-electron chi connectivity index (χ1n) is 5.15. The Morgan fingerprint density at radius 2 is 2.13 bits per heavy atom. The molecule has 0 aromatic carbocycles. The van der Waals surface area contributed by atoms with Crippen molar-refractivity contribution in [1.82, 2.24) is 4.98 Å². The van der Waals surface area contributed by atoms with Crippen LogP contribution in [0.25, 0.3) is 0 Å². The Bertz CT molecular complexity index is 344. The normalized spacial score (nSPS) is 20.3. The van der Waals surface area contributed by atoms with E-state index in [-0.39, 0.29) is 0 Å². The molecule has 1 aliphatic rings. The molecular weight excluding hydrogens is 212 g/mol. The lowest BCUT2D eigenvalue weighted by molar-refractivity contribution is 0.0351. The molecule has 0 bridgehead atoms. The minimum absolute atomic E-state index is 0.518. The molecule has 1 N–H and O–H groups in total. The zero-order valence-electron chi connectivity index (χ0n) is 8.78. The van der Waals surface area contributed by atoms with Crippen molar-refractivity contribution in [1.29, 1.82) is 0 Å². The molecule has 3 nitrogen and oxygen atoms in total. The van der Waals surface area contributed by atoms with E-state index in [1.807, 2.05) is 13.0 Å². The maximum absolute atomic E-state index is 9.84. The summed E-state index contributed by atoms with van der Waals surface area (Å²) in [6.07, 6.45) is 4.97. The van der Waals surface area contributed by atoms with Gasteiger partial charge in [0.1, 0.15) is 0 Å². The van der Waals surface area contributed by atoms with E-state index in [9.17, 15) is 5.11 Å². The maximum atomic E-state index is 9.84. The number of hydrogen-bond donors (Lipinski definition) is 1. The van der Waals surface area contributed by atoms with E-state index in [1.165, 1.54) is 0 Å². The first kappa shape index (κ1) is 10.7. The van der Waals surface area contributed by atoms with Crippen LogP contribution in [0.3, 0.4) is 0 Å². The maximum Gasteiger partial charge on any atom is 0.0822 e. The molecule has 82 valence electrons. The van der Waals surface area contributed by atoms with Gasteiger partial charge in [0.05, 0.1) is 16.3 Å². The molecule has 2 heterocycles. The first-order chi connectivity index (χ1) is 7.08. The highest BCUT2D eigenvalue weighted by Crippen LogP contribution is 2.29. The second-order valence-electron chi connectivity index (χ2n) is 4.31. The highest BCUT2D eigenvalue weighted by Gasteiger charge is 2.27. The van der Waals surface area contributed by atoms with Crippen molar-refractivity contribution in [3.05, 3.63) is 23.5 Å². The lowest BCUT2D eigenvalue weighted by Crippen LogP contribution is -2.42. The van der Waals surface area contributed by atoms with E-state index in [1.54, 1.807) is 12.4 Å². The number of piperidine rings is 1. The minimum atomic E-state index is -0.518. The fourth-order valence-corrected chi connectivity index (χ4v) is 2.09. The molecule has 1 fully saturated rings. The fraction of sp³-hybridized carbons (Fsp3) is 0.545. The van der Waals surface area contributed by atoms with E-state index in [2.05, 4.69) is 9.88 Å². The predicted molar refractivity (Wildman–Crippen MR) is 61.3 cm³/mol. The Labute approximate surface area is 94.7 Å². The number of anilines is 1. The average molecular weight is 227 g/mol. The van der Waals surface area contributed by atoms with Gasteiger partial charge in [0.25, 0.3) is 0 Å². The van der Waals surface area contributed by atoms with Gasteiger partial charge in [-0.1, -0.05) is 11.6 Å². The van der Waals surface area contributed by atoms with Crippen LogP contribution in [-0.4, -0.2) is 28.8 Å². The van der Waals surface area contributed by atoms with Crippen LogP contribution in [0.15, 0.2) is 18.5 Å². The molecular formula is C11H15ClN2O. The van der Waals surface area contributed by atoms with Crippen LogP contribution < -0.4 is 4.90 Å². The average Bonchev–Trinajstić information content (AvgIpc) is 2.19. The molecule has 1 aromatic rings. The van der Waals surface area contributed by atoms with Crippen LogP contribution in [0.2, 0.25) is 5.02 Å². The van der Waals surface area contributed by atoms with Gasteiger partial charge in [-0.15, -0.1) is 0 Å². The summed E-state index contributed by atoms with van der Waals surface area (Å²) in [6.45, 7) is 3.58. The monoisotopic (exact) mass is 226 g/mol. The molecule has 4 heteroatoms. The summed E-state index contributed by atoms with van der Waals surface area (Å²) < 4.78 is 0. The summed E-state index contributed by atoms with van der Waals surface area (Å²) in [6, 6.07) is 1.92. The van der Waals surface area contributed by atoms with E-state index < -0.39 is 5.60 Å². The summed E-state index contributed by atoms with van der Waals surface area (Å²) >= 11 is 6.06. The first-order valence-corrected chi connectivity index (χ1v) is 5.53. The molecule has 15 heavy (non-hydrogen) atoms. The number of rotatable bonds is 1. The SMILES string of the molecule is CC1(O)CCN(c2ccncc2Cl)CC1. The third kappa shape index (κ3) is 2.41. The van der Waals surface area contributed by atoms with E-state index >= 15 is 0 Å². The Hall–Kier alpha value is -0.800. The standard InChI is InChI=1S/C11H15ClN2O/c1-11(15)3-6-14(7-4-11)10-2-5-13-8-9(10)12/h2,5,8,15H,3-4,6-7H2,1H3. The summed E-state index contributed by atoms with van der Waals surface area (Å²) in [5.74, 6) is 0. The molecule has 1 aromatic heterocycles. The van der Waals surface area contributed by atoms with Gasteiger partial charge in [-0.2, -0.15) is 0 Å². The van der Waals surface area contributed by atoms with Crippen molar-refractivity contribution < 1.29 is 5.11 Å². The van der Waals surface area contributed by atoms with Gasteiger partial charge in [-0.3, -0.25) is 4.98 Å². The van der Waals surface area contributed by atoms with Crippen molar-refractivity contribution in [2.24, 2.45) is 0 Å². The van der Waals surface area contributed by atoms with Crippen molar-refractivity contribution >= 4 is 17.3 Å². The molecule has 1 aliphatic heterocycles. The van der Waals surface area contributed by atoms with Crippen LogP contribution in [0.1, 0.15) is 19.8 Å². The molecule has 0 aliphatic carbocycles. The zero-order valence-corrected chi connectivity index (χ0v) is 9.54. The van der Waals surface area contributed by atoms with Crippen LogP contribution in [0.5, 0.6) is 0 Å². The van der Waals surface area contributed by atoms with Gasteiger partial charge in [0.2, 0.25) is 0 Å². The Morgan fingerprint density at radius 3 is 2.73 bits per heavy atom. The molecule has 0 saturated carbocycles. The second-order valence-corrected chi connectivity index (χ2v) is 4.72. The lowest BCUT2D eigenvalue weighted by Gasteiger charge is -2.37. The number of aliphatic hydroxyl groups is 1. The third-order valence-electron chi connectivity index (χ3n) is 2.93. The van der Waals surface area contributed by atoms with Gasteiger partial charge >= 0.3 is 0 Å². The zero-order chi connectivity index (χ0) is 10.9. The largest absolute Gasteiger partial charge is 0.390 e. The highest BCUT2D eigenvalue weighted by atomic mass is 35.5. The fourth-order valence-electron chi connectivity index (χ4n) is 1.85. The molecule has 2 rings (SSSR count). The van der Waals surface area contributed by atoms with E-state index in [4.69, 9.17) is 11.6 Å². The quantitative estimate of drug-likeness (QED) is 0.797.